The number of carbonyl (C=O) groups excluding carboxylic acids is 1. The van der Waals surface area contributed by atoms with Gasteiger partial charge in [0.2, 0.25) is 0 Å². The number of thiophene rings is 1. The molecule has 4 heteroatoms. The fourth-order valence-electron chi connectivity index (χ4n) is 0.905. The van der Waals surface area contributed by atoms with Crippen molar-refractivity contribution < 1.29 is 9.53 Å². The quantitative estimate of drug-likeness (QED) is 0.574. The minimum atomic E-state index is -0.100. The Labute approximate surface area is 92.7 Å². The highest BCUT2D eigenvalue weighted by molar-refractivity contribution is 8.01. The molecule has 0 radical (unpaired) electrons. The van der Waals surface area contributed by atoms with Crippen LogP contribution in [0.5, 0.6) is 0 Å². The lowest BCUT2D eigenvalue weighted by Gasteiger charge is -2.08. The fourth-order valence-corrected chi connectivity index (χ4v) is 2.72. The maximum atomic E-state index is 11.3. The predicted octanol–water partition coefficient (Wildman–Crippen LogP) is 3.04. The molecule has 0 aliphatic rings. The number of ether oxygens (including phenoxy) is 1. The Hall–Kier alpha value is -0.480. The van der Waals surface area contributed by atoms with E-state index in [9.17, 15) is 4.79 Å². The van der Waals surface area contributed by atoms with Crippen molar-refractivity contribution in [2.75, 3.05) is 12.4 Å². The monoisotopic (exact) mass is 230 g/mol. The molecule has 14 heavy (non-hydrogen) atoms. The van der Waals surface area contributed by atoms with Gasteiger partial charge in [-0.05, 0) is 18.4 Å². The van der Waals surface area contributed by atoms with Crippen molar-refractivity contribution in [2.45, 2.75) is 18.1 Å². The average molecular weight is 230 g/mol. The molecule has 0 amide bonds. The summed E-state index contributed by atoms with van der Waals surface area (Å²) in [4.78, 5) is 11.3. The van der Waals surface area contributed by atoms with Crippen LogP contribution in [-0.2, 0) is 9.53 Å². The number of thioether (sulfide) groups is 1. The molecule has 1 unspecified atom stereocenters. The summed E-state index contributed by atoms with van der Waals surface area (Å²) in [7, 11) is 0. The summed E-state index contributed by atoms with van der Waals surface area (Å²) in [5.74, 6) is 0.665. The van der Waals surface area contributed by atoms with Crippen LogP contribution in [-0.4, -0.2) is 18.3 Å². The molecule has 1 aromatic heterocycles. The van der Waals surface area contributed by atoms with Crippen molar-refractivity contribution in [2.24, 2.45) is 5.92 Å². The van der Waals surface area contributed by atoms with E-state index in [0.717, 1.165) is 5.75 Å². The highest BCUT2D eigenvalue weighted by Crippen LogP contribution is 2.25. The largest absolute Gasteiger partial charge is 0.466 e. The first-order valence-electron chi connectivity index (χ1n) is 4.57. The van der Waals surface area contributed by atoms with Gasteiger partial charge in [0.05, 0.1) is 16.7 Å². The summed E-state index contributed by atoms with van der Waals surface area (Å²) < 4.78 is 6.18. The highest BCUT2D eigenvalue weighted by Gasteiger charge is 2.13. The number of rotatable bonds is 5. The average Bonchev–Trinajstić information content (AvgIpc) is 2.67. The molecule has 1 rings (SSSR count). The summed E-state index contributed by atoms with van der Waals surface area (Å²) in [5.41, 5.74) is 0. The molecule has 0 N–H and O–H groups in total. The maximum absolute atomic E-state index is 11.3. The van der Waals surface area contributed by atoms with E-state index < -0.39 is 0 Å². The zero-order chi connectivity index (χ0) is 10.4. The molecule has 78 valence electrons. The van der Waals surface area contributed by atoms with E-state index in [-0.39, 0.29) is 11.9 Å². The molecule has 0 spiro atoms. The number of carbonyl (C=O) groups is 1. The second-order valence-corrected chi connectivity index (χ2v) is 5.16. The zero-order valence-electron chi connectivity index (χ0n) is 8.36. The molecule has 1 heterocycles. The lowest BCUT2D eigenvalue weighted by atomic mass is 10.2. The lowest BCUT2D eigenvalue weighted by Crippen LogP contribution is -2.16. The molecule has 0 fully saturated rings. The van der Waals surface area contributed by atoms with Crippen LogP contribution in [0.3, 0.4) is 0 Å². The molecule has 2 nitrogen and oxygen atoms in total. The molecule has 0 saturated carbocycles. The van der Waals surface area contributed by atoms with Crippen molar-refractivity contribution in [3.63, 3.8) is 0 Å². The van der Waals surface area contributed by atoms with Gasteiger partial charge in [-0.1, -0.05) is 13.0 Å². The van der Waals surface area contributed by atoms with Crippen LogP contribution < -0.4 is 0 Å². The molecular weight excluding hydrogens is 216 g/mol. The van der Waals surface area contributed by atoms with Crippen molar-refractivity contribution in [3.05, 3.63) is 17.5 Å². The Kier molecular flexibility index (Phi) is 5.04. The topological polar surface area (TPSA) is 26.3 Å². The lowest BCUT2D eigenvalue weighted by molar-refractivity contribution is -0.146. The van der Waals surface area contributed by atoms with Gasteiger partial charge in [-0.25, -0.2) is 0 Å². The molecule has 0 bridgehead atoms. The first-order chi connectivity index (χ1) is 6.74. The van der Waals surface area contributed by atoms with E-state index in [2.05, 4.69) is 6.07 Å². The van der Waals surface area contributed by atoms with E-state index in [4.69, 9.17) is 4.74 Å². The van der Waals surface area contributed by atoms with Gasteiger partial charge in [0.1, 0.15) is 0 Å². The van der Waals surface area contributed by atoms with E-state index in [1.54, 1.807) is 23.1 Å². The predicted molar refractivity (Wildman–Crippen MR) is 60.8 cm³/mol. The summed E-state index contributed by atoms with van der Waals surface area (Å²) in [6, 6.07) is 4.08. The summed E-state index contributed by atoms with van der Waals surface area (Å²) >= 11 is 3.41. The molecule has 0 aliphatic carbocycles. The Balaban J connectivity index is 2.27. The van der Waals surface area contributed by atoms with Gasteiger partial charge in [-0.3, -0.25) is 4.79 Å². The first-order valence-corrected chi connectivity index (χ1v) is 6.43. The van der Waals surface area contributed by atoms with Crippen molar-refractivity contribution in [3.8, 4) is 0 Å². The Bertz CT molecular complexity index is 270. The van der Waals surface area contributed by atoms with Gasteiger partial charge in [0.25, 0.3) is 0 Å². The van der Waals surface area contributed by atoms with E-state index in [1.807, 2.05) is 25.3 Å². The minimum Gasteiger partial charge on any atom is -0.466 e. The van der Waals surface area contributed by atoms with Crippen molar-refractivity contribution in [1.29, 1.82) is 0 Å². The van der Waals surface area contributed by atoms with Crippen LogP contribution in [0.25, 0.3) is 0 Å². The molecule has 1 aromatic rings. The fraction of sp³-hybridized carbons (Fsp3) is 0.500. The van der Waals surface area contributed by atoms with Crippen LogP contribution in [0.15, 0.2) is 21.7 Å². The van der Waals surface area contributed by atoms with Crippen LogP contribution >= 0.6 is 23.1 Å². The third kappa shape index (κ3) is 3.72. The van der Waals surface area contributed by atoms with Gasteiger partial charge < -0.3 is 4.74 Å². The number of hydrogen-bond donors (Lipinski definition) is 0. The van der Waals surface area contributed by atoms with Crippen LogP contribution in [0.1, 0.15) is 13.8 Å². The second-order valence-electron chi connectivity index (χ2n) is 2.90. The molecule has 0 aliphatic heterocycles. The Morgan fingerprint density at radius 3 is 3.07 bits per heavy atom. The molecule has 1 atom stereocenters. The normalized spacial score (nSPS) is 12.4. The Morgan fingerprint density at radius 2 is 2.50 bits per heavy atom. The van der Waals surface area contributed by atoms with E-state index in [0.29, 0.717) is 6.61 Å². The van der Waals surface area contributed by atoms with Gasteiger partial charge >= 0.3 is 5.97 Å². The Morgan fingerprint density at radius 1 is 1.71 bits per heavy atom. The maximum Gasteiger partial charge on any atom is 0.309 e. The van der Waals surface area contributed by atoms with Gasteiger partial charge in [-0.15, -0.1) is 23.1 Å². The SMILES string of the molecule is CCOC(=O)C(C)CSc1cccs1. The molecule has 0 saturated heterocycles. The third-order valence-corrected chi connectivity index (χ3v) is 4.05. The van der Waals surface area contributed by atoms with Crippen LogP contribution in [0.2, 0.25) is 0 Å². The van der Waals surface area contributed by atoms with E-state index >= 15 is 0 Å². The van der Waals surface area contributed by atoms with Gasteiger partial charge in [-0.2, -0.15) is 0 Å². The minimum absolute atomic E-state index is 0.0259. The van der Waals surface area contributed by atoms with Gasteiger partial charge in [0.15, 0.2) is 0 Å². The smallest absolute Gasteiger partial charge is 0.309 e. The highest BCUT2D eigenvalue weighted by atomic mass is 32.2. The molecule has 0 aromatic carbocycles. The number of hydrogen-bond acceptors (Lipinski definition) is 4. The summed E-state index contributed by atoms with van der Waals surface area (Å²) in [6.45, 7) is 4.20. The van der Waals surface area contributed by atoms with Crippen molar-refractivity contribution in [1.82, 2.24) is 0 Å². The first kappa shape index (κ1) is 11.6. The van der Waals surface area contributed by atoms with Crippen LogP contribution in [0.4, 0.5) is 0 Å². The van der Waals surface area contributed by atoms with E-state index in [1.165, 1.54) is 4.21 Å². The van der Waals surface area contributed by atoms with Gasteiger partial charge in [0, 0.05) is 5.75 Å². The standard InChI is InChI=1S/C10H14O2S2/c1-3-12-10(11)8(2)7-14-9-5-4-6-13-9/h4-6,8H,3,7H2,1-2H3. The third-order valence-electron chi connectivity index (χ3n) is 1.66. The molecular formula is C10H14O2S2. The van der Waals surface area contributed by atoms with Crippen molar-refractivity contribution >= 4 is 29.1 Å². The number of esters is 1. The second kappa shape index (κ2) is 6.09. The summed E-state index contributed by atoms with van der Waals surface area (Å²) in [6.07, 6.45) is 0. The van der Waals surface area contributed by atoms with Crippen LogP contribution in [0, 0.1) is 5.92 Å². The zero-order valence-corrected chi connectivity index (χ0v) is 9.99. The summed E-state index contributed by atoms with van der Waals surface area (Å²) in [5, 5.41) is 2.04.